The quantitative estimate of drug-likeness (QED) is 0.852. The number of hydrogen-bond donors (Lipinski definition) is 1. The predicted molar refractivity (Wildman–Crippen MR) is 77.7 cm³/mol. The highest BCUT2D eigenvalue weighted by atomic mass is 19.1. The van der Waals surface area contributed by atoms with Crippen LogP contribution in [0.5, 0.6) is 0 Å². The van der Waals surface area contributed by atoms with Crippen molar-refractivity contribution in [3.05, 3.63) is 71.0 Å². The molecule has 0 amide bonds. The van der Waals surface area contributed by atoms with Gasteiger partial charge in [0.2, 0.25) is 0 Å². The van der Waals surface area contributed by atoms with E-state index >= 15 is 0 Å². The van der Waals surface area contributed by atoms with E-state index in [0.717, 1.165) is 24.1 Å². The fourth-order valence-corrected chi connectivity index (χ4v) is 2.30. The zero-order chi connectivity index (χ0) is 13.7. The number of likely N-dealkylation sites (N-methyl/N-ethyl adjacent to an activating group) is 1. The average Bonchev–Trinajstić information content (AvgIpc) is 2.39. The van der Waals surface area contributed by atoms with Crippen LogP contribution in [-0.4, -0.2) is 6.54 Å². The van der Waals surface area contributed by atoms with Crippen molar-refractivity contribution in [2.75, 3.05) is 6.54 Å². The van der Waals surface area contributed by atoms with E-state index in [9.17, 15) is 4.39 Å². The van der Waals surface area contributed by atoms with Crippen LogP contribution in [0.4, 0.5) is 4.39 Å². The molecular weight excluding hydrogens is 237 g/mol. The van der Waals surface area contributed by atoms with Crippen LogP contribution in [0, 0.1) is 12.7 Å². The average molecular weight is 257 g/mol. The number of aryl methyl sites for hydroxylation is 1. The summed E-state index contributed by atoms with van der Waals surface area (Å²) >= 11 is 0. The Morgan fingerprint density at radius 2 is 1.84 bits per heavy atom. The van der Waals surface area contributed by atoms with E-state index in [1.54, 1.807) is 6.07 Å². The van der Waals surface area contributed by atoms with E-state index in [1.165, 1.54) is 5.56 Å². The smallest absolute Gasteiger partial charge is 0.128 e. The number of nitrogens with one attached hydrogen (secondary N) is 1. The van der Waals surface area contributed by atoms with Gasteiger partial charge in [0.25, 0.3) is 0 Å². The van der Waals surface area contributed by atoms with Gasteiger partial charge in [0, 0.05) is 11.6 Å². The maximum atomic E-state index is 14.1. The molecule has 1 nitrogen and oxygen atoms in total. The molecule has 0 aromatic heterocycles. The Morgan fingerprint density at radius 1 is 1.11 bits per heavy atom. The molecule has 100 valence electrons. The summed E-state index contributed by atoms with van der Waals surface area (Å²) in [4.78, 5) is 0. The van der Waals surface area contributed by atoms with Gasteiger partial charge >= 0.3 is 0 Å². The molecule has 1 unspecified atom stereocenters. The Hall–Kier alpha value is -1.67. The largest absolute Gasteiger partial charge is 0.310 e. The van der Waals surface area contributed by atoms with E-state index in [4.69, 9.17) is 0 Å². The van der Waals surface area contributed by atoms with Crippen molar-refractivity contribution in [3.63, 3.8) is 0 Å². The summed E-state index contributed by atoms with van der Waals surface area (Å²) in [6.07, 6.45) is 0.800. The molecule has 2 aromatic rings. The summed E-state index contributed by atoms with van der Waals surface area (Å²) in [5.41, 5.74) is 2.92. The van der Waals surface area contributed by atoms with Gasteiger partial charge in [0.15, 0.2) is 0 Å². The number of halogens is 1. The number of rotatable bonds is 5. The van der Waals surface area contributed by atoms with Gasteiger partial charge in [-0.3, -0.25) is 0 Å². The molecule has 2 rings (SSSR count). The molecule has 0 aliphatic rings. The Bertz CT molecular complexity index is 522. The second-order valence-corrected chi connectivity index (χ2v) is 4.82. The molecule has 1 atom stereocenters. The van der Waals surface area contributed by atoms with E-state index in [2.05, 4.69) is 17.4 Å². The van der Waals surface area contributed by atoms with Gasteiger partial charge in [-0.15, -0.1) is 0 Å². The zero-order valence-electron chi connectivity index (χ0n) is 11.5. The maximum Gasteiger partial charge on any atom is 0.128 e. The normalized spacial score (nSPS) is 12.4. The van der Waals surface area contributed by atoms with Gasteiger partial charge < -0.3 is 5.32 Å². The molecule has 0 heterocycles. The van der Waals surface area contributed by atoms with Crippen LogP contribution in [0.2, 0.25) is 0 Å². The van der Waals surface area contributed by atoms with E-state index in [-0.39, 0.29) is 11.9 Å². The first kappa shape index (κ1) is 13.8. The SMILES string of the molecule is CCNC(Cc1ccccc1)c1ccc(C)cc1F. The first-order valence-electron chi connectivity index (χ1n) is 6.74. The molecule has 0 aliphatic heterocycles. The first-order valence-corrected chi connectivity index (χ1v) is 6.74. The van der Waals surface area contributed by atoms with Crippen LogP contribution in [0.1, 0.15) is 29.7 Å². The van der Waals surface area contributed by atoms with Gasteiger partial charge in [0.1, 0.15) is 5.82 Å². The molecule has 19 heavy (non-hydrogen) atoms. The third kappa shape index (κ3) is 3.65. The van der Waals surface area contributed by atoms with E-state index in [1.807, 2.05) is 44.2 Å². The molecule has 0 bridgehead atoms. The molecule has 0 saturated carbocycles. The minimum Gasteiger partial charge on any atom is -0.310 e. The van der Waals surface area contributed by atoms with Crippen molar-refractivity contribution in [2.45, 2.75) is 26.3 Å². The van der Waals surface area contributed by atoms with Crippen LogP contribution in [0.3, 0.4) is 0 Å². The lowest BCUT2D eigenvalue weighted by atomic mass is 9.97. The Kier molecular flexibility index (Phi) is 4.69. The lowest BCUT2D eigenvalue weighted by Crippen LogP contribution is -2.24. The van der Waals surface area contributed by atoms with Crippen molar-refractivity contribution in [2.24, 2.45) is 0 Å². The summed E-state index contributed by atoms with van der Waals surface area (Å²) in [7, 11) is 0. The van der Waals surface area contributed by atoms with E-state index in [0.29, 0.717) is 0 Å². The minimum absolute atomic E-state index is 0.0213. The standard InChI is InChI=1S/C17H20FN/c1-3-19-17(12-14-7-5-4-6-8-14)15-10-9-13(2)11-16(15)18/h4-11,17,19H,3,12H2,1-2H3. The van der Waals surface area contributed by atoms with Gasteiger partial charge in [-0.05, 0) is 37.1 Å². The molecule has 0 saturated heterocycles. The molecule has 0 spiro atoms. The van der Waals surface area contributed by atoms with Gasteiger partial charge in [-0.2, -0.15) is 0 Å². The molecule has 0 radical (unpaired) electrons. The molecule has 1 N–H and O–H groups in total. The van der Waals surface area contributed by atoms with Crippen LogP contribution in [0.15, 0.2) is 48.5 Å². The maximum absolute atomic E-state index is 14.1. The highest BCUT2D eigenvalue weighted by Crippen LogP contribution is 2.22. The Labute approximate surface area is 114 Å². The summed E-state index contributed by atoms with van der Waals surface area (Å²) < 4.78 is 14.1. The Morgan fingerprint density at radius 3 is 2.47 bits per heavy atom. The van der Waals surface area contributed by atoms with Gasteiger partial charge in [0.05, 0.1) is 0 Å². The van der Waals surface area contributed by atoms with Crippen LogP contribution < -0.4 is 5.32 Å². The van der Waals surface area contributed by atoms with E-state index < -0.39 is 0 Å². The van der Waals surface area contributed by atoms with Crippen molar-refractivity contribution in [1.29, 1.82) is 0 Å². The van der Waals surface area contributed by atoms with Crippen molar-refractivity contribution in [3.8, 4) is 0 Å². The highest BCUT2D eigenvalue weighted by molar-refractivity contribution is 5.28. The molecule has 2 aromatic carbocycles. The second-order valence-electron chi connectivity index (χ2n) is 4.82. The summed E-state index contributed by atoms with van der Waals surface area (Å²) in [6.45, 7) is 4.78. The van der Waals surface area contributed by atoms with Gasteiger partial charge in [-0.1, -0.05) is 49.4 Å². The zero-order valence-corrected chi connectivity index (χ0v) is 11.5. The first-order chi connectivity index (χ1) is 9.20. The van der Waals surface area contributed by atoms with Crippen LogP contribution >= 0.6 is 0 Å². The fraction of sp³-hybridized carbons (Fsp3) is 0.294. The third-order valence-electron chi connectivity index (χ3n) is 3.26. The topological polar surface area (TPSA) is 12.0 Å². The van der Waals surface area contributed by atoms with Crippen molar-refractivity contribution in [1.82, 2.24) is 5.32 Å². The lowest BCUT2D eigenvalue weighted by molar-refractivity contribution is 0.509. The van der Waals surface area contributed by atoms with Crippen molar-refractivity contribution >= 4 is 0 Å². The predicted octanol–water partition coefficient (Wildman–Crippen LogP) is 4.03. The minimum atomic E-state index is -0.123. The molecule has 0 aliphatic carbocycles. The fourth-order valence-electron chi connectivity index (χ4n) is 2.30. The molecule has 0 fully saturated rings. The summed E-state index contributed by atoms with van der Waals surface area (Å²) in [5, 5.41) is 3.37. The number of benzene rings is 2. The number of hydrogen-bond acceptors (Lipinski definition) is 1. The van der Waals surface area contributed by atoms with Crippen LogP contribution in [-0.2, 0) is 6.42 Å². The summed E-state index contributed by atoms with van der Waals surface area (Å²) in [5.74, 6) is -0.123. The van der Waals surface area contributed by atoms with Gasteiger partial charge in [-0.25, -0.2) is 4.39 Å². The highest BCUT2D eigenvalue weighted by Gasteiger charge is 2.15. The Balaban J connectivity index is 2.24. The monoisotopic (exact) mass is 257 g/mol. The third-order valence-corrected chi connectivity index (χ3v) is 3.26. The lowest BCUT2D eigenvalue weighted by Gasteiger charge is -2.19. The summed E-state index contributed by atoms with van der Waals surface area (Å²) in [6, 6.07) is 15.7. The molecular formula is C17H20FN. The molecule has 2 heteroatoms. The second kappa shape index (κ2) is 6.48. The van der Waals surface area contributed by atoms with Crippen molar-refractivity contribution < 1.29 is 4.39 Å². The van der Waals surface area contributed by atoms with Crippen LogP contribution in [0.25, 0.3) is 0 Å².